The Bertz CT molecular complexity index is 829. The topological polar surface area (TPSA) is 91.3 Å². The van der Waals surface area contributed by atoms with Crippen LogP contribution in [0.2, 0.25) is 0 Å². The molecular formula is C20H22O7. The average molecular weight is 374 g/mol. The minimum Gasteiger partial charge on any atom is -0.496 e. The number of carboxylic acids is 1. The average Bonchev–Trinajstić information content (AvgIpc) is 2.70. The van der Waals surface area contributed by atoms with Crippen LogP contribution in [0, 0.1) is 0 Å². The third-order valence-corrected chi connectivity index (χ3v) is 4.27. The number of esters is 1. The van der Waals surface area contributed by atoms with Crippen molar-refractivity contribution in [2.24, 2.45) is 0 Å². The first-order chi connectivity index (χ1) is 13.0. The van der Waals surface area contributed by atoms with Crippen LogP contribution in [-0.2, 0) is 9.53 Å². The van der Waals surface area contributed by atoms with Crippen molar-refractivity contribution in [1.29, 1.82) is 0 Å². The lowest BCUT2D eigenvalue weighted by Crippen LogP contribution is -2.16. The summed E-state index contributed by atoms with van der Waals surface area (Å²) in [5, 5.41) is 9.67. The van der Waals surface area contributed by atoms with Crippen LogP contribution in [0.4, 0.5) is 0 Å². The third kappa shape index (κ3) is 4.13. The van der Waals surface area contributed by atoms with E-state index in [0.717, 1.165) is 0 Å². The van der Waals surface area contributed by atoms with E-state index in [1.807, 2.05) is 0 Å². The molecule has 2 rings (SSSR count). The maximum Gasteiger partial charge on any atom is 0.336 e. The maximum absolute atomic E-state index is 12.1. The van der Waals surface area contributed by atoms with Gasteiger partial charge in [-0.05, 0) is 18.2 Å². The first kappa shape index (κ1) is 20.1. The zero-order valence-electron chi connectivity index (χ0n) is 15.6. The lowest BCUT2D eigenvalue weighted by Gasteiger charge is -2.24. The second-order valence-corrected chi connectivity index (χ2v) is 5.64. The number of hydrogen-bond acceptors (Lipinski definition) is 6. The fourth-order valence-electron chi connectivity index (χ4n) is 3.07. The number of carbonyl (C=O) groups excluding carboxylic acids is 1. The highest BCUT2D eigenvalue weighted by atomic mass is 16.5. The molecule has 0 heterocycles. The summed E-state index contributed by atoms with van der Waals surface area (Å²) in [6.45, 7) is 0. The predicted octanol–water partition coefficient (Wildman–Crippen LogP) is 3.11. The van der Waals surface area contributed by atoms with Gasteiger partial charge >= 0.3 is 11.9 Å². The molecule has 7 nitrogen and oxygen atoms in total. The third-order valence-electron chi connectivity index (χ3n) is 4.27. The first-order valence-corrected chi connectivity index (χ1v) is 8.16. The molecule has 0 bridgehead atoms. The molecule has 0 aliphatic heterocycles. The van der Waals surface area contributed by atoms with E-state index < -0.39 is 17.9 Å². The highest BCUT2D eigenvalue weighted by molar-refractivity contribution is 5.91. The van der Waals surface area contributed by atoms with Crippen molar-refractivity contribution in [2.75, 3.05) is 28.4 Å². The quantitative estimate of drug-likeness (QED) is 0.710. The van der Waals surface area contributed by atoms with Gasteiger partial charge in [-0.15, -0.1) is 0 Å². The molecule has 0 aliphatic carbocycles. The number of carboxylic acid groups (broad SMARTS) is 1. The Morgan fingerprint density at radius 3 is 2.11 bits per heavy atom. The van der Waals surface area contributed by atoms with Gasteiger partial charge in [-0.1, -0.05) is 18.2 Å². The fourth-order valence-corrected chi connectivity index (χ4v) is 3.07. The van der Waals surface area contributed by atoms with E-state index in [2.05, 4.69) is 0 Å². The lowest BCUT2D eigenvalue weighted by molar-refractivity contribution is -0.140. The Morgan fingerprint density at radius 2 is 1.56 bits per heavy atom. The van der Waals surface area contributed by atoms with Crippen LogP contribution in [0.1, 0.15) is 33.8 Å². The van der Waals surface area contributed by atoms with Crippen molar-refractivity contribution in [1.82, 2.24) is 0 Å². The normalized spacial score (nSPS) is 11.4. The van der Waals surface area contributed by atoms with E-state index in [1.54, 1.807) is 30.3 Å². The van der Waals surface area contributed by atoms with E-state index >= 15 is 0 Å². The minimum absolute atomic E-state index is 0.0353. The van der Waals surface area contributed by atoms with Crippen LogP contribution >= 0.6 is 0 Å². The summed E-state index contributed by atoms with van der Waals surface area (Å²) >= 11 is 0. The molecule has 7 heteroatoms. The number of rotatable bonds is 8. The second kappa shape index (κ2) is 8.93. The molecule has 2 aromatic rings. The summed E-state index contributed by atoms with van der Waals surface area (Å²) in [4.78, 5) is 24.0. The number of para-hydroxylation sites is 1. The standard InChI is InChI=1S/C20H22O7/c1-24-15-9-6-8-13(20(22)23)18(15)14(11-17(21)26-3)12-7-5-10-16(25-2)19(12)27-4/h5-10,14H,11H2,1-4H3,(H,22,23). The maximum atomic E-state index is 12.1. The Balaban J connectivity index is 2.79. The summed E-state index contributed by atoms with van der Waals surface area (Å²) in [7, 11) is 5.71. The van der Waals surface area contributed by atoms with Crippen LogP contribution in [0.3, 0.4) is 0 Å². The number of hydrogen-bond donors (Lipinski definition) is 1. The molecule has 1 atom stereocenters. The van der Waals surface area contributed by atoms with Gasteiger partial charge in [-0.25, -0.2) is 4.79 Å². The van der Waals surface area contributed by atoms with Crippen molar-refractivity contribution in [3.8, 4) is 17.2 Å². The smallest absolute Gasteiger partial charge is 0.336 e. The number of aromatic carboxylic acids is 1. The van der Waals surface area contributed by atoms with Crippen molar-refractivity contribution in [2.45, 2.75) is 12.3 Å². The number of ether oxygens (including phenoxy) is 4. The first-order valence-electron chi connectivity index (χ1n) is 8.16. The Hall–Kier alpha value is -3.22. The summed E-state index contributed by atoms with van der Waals surface area (Å²) in [5.41, 5.74) is 0.992. The summed E-state index contributed by atoms with van der Waals surface area (Å²) in [6.07, 6.45) is -0.0965. The van der Waals surface area contributed by atoms with Gasteiger partial charge < -0.3 is 24.1 Å². The highest BCUT2D eigenvalue weighted by Crippen LogP contribution is 2.44. The van der Waals surface area contributed by atoms with Gasteiger partial charge in [-0.2, -0.15) is 0 Å². The van der Waals surface area contributed by atoms with Gasteiger partial charge in [-0.3, -0.25) is 4.79 Å². The Morgan fingerprint density at radius 1 is 0.926 bits per heavy atom. The largest absolute Gasteiger partial charge is 0.496 e. The second-order valence-electron chi connectivity index (χ2n) is 5.64. The SMILES string of the molecule is COC(=O)CC(c1cccc(OC)c1OC)c1c(OC)cccc1C(=O)O. The number of methoxy groups -OCH3 is 4. The zero-order chi connectivity index (χ0) is 20.0. The molecule has 1 N–H and O–H groups in total. The van der Waals surface area contributed by atoms with Crippen LogP contribution in [0.25, 0.3) is 0 Å². The van der Waals surface area contributed by atoms with Gasteiger partial charge in [0.25, 0.3) is 0 Å². The molecule has 0 aliphatic rings. The van der Waals surface area contributed by atoms with Crippen molar-refractivity contribution in [3.05, 3.63) is 53.1 Å². The van der Waals surface area contributed by atoms with E-state index in [1.165, 1.54) is 34.5 Å². The molecule has 1 unspecified atom stereocenters. The van der Waals surface area contributed by atoms with Gasteiger partial charge in [0.1, 0.15) is 5.75 Å². The monoisotopic (exact) mass is 374 g/mol. The molecule has 144 valence electrons. The zero-order valence-corrected chi connectivity index (χ0v) is 15.6. The summed E-state index contributed by atoms with van der Waals surface area (Å²) < 4.78 is 21.1. The van der Waals surface area contributed by atoms with Crippen LogP contribution in [-0.4, -0.2) is 45.5 Å². The summed E-state index contributed by atoms with van der Waals surface area (Å²) in [5.74, 6) is -1.06. The van der Waals surface area contributed by atoms with E-state index in [9.17, 15) is 14.7 Å². The summed E-state index contributed by atoms with van der Waals surface area (Å²) in [6, 6.07) is 9.93. The molecule has 0 amide bonds. The van der Waals surface area contributed by atoms with Crippen molar-refractivity contribution < 1.29 is 33.6 Å². The molecule has 0 aromatic heterocycles. The fraction of sp³-hybridized carbons (Fsp3) is 0.300. The van der Waals surface area contributed by atoms with Crippen LogP contribution in [0.5, 0.6) is 17.2 Å². The molecule has 27 heavy (non-hydrogen) atoms. The van der Waals surface area contributed by atoms with Crippen molar-refractivity contribution in [3.63, 3.8) is 0 Å². The van der Waals surface area contributed by atoms with E-state index in [-0.39, 0.29) is 12.0 Å². The van der Waals surface area contributed by atoms with E-state index in [0.29, 0.717) is 28.4 Å². The van der Waals surface area contributed by atoms with Crippen molar-refractivity contribution >= 4 is 11.9 Å². The highest BCUT2D eigenvalue weighted by Gasteiger charge is 2.30. The molecule has 0 saturated heterocycles. The molecule has 2 aromatic carbocycles. The molecule has 0 saturated carbocycles. The molecule has 0 fully saturated rings. The molecule has 0 radical (unpaired) electrons. The molecular weight excluding hydrogens is 352 g/mol. The van der Waals surface area contributed by atoms with Crippen LogP contribution < -0.4 is 14.2 Å². The minimum atomic E-state index is -1.12. The van der Waals surface area contributed by atoms with Gasteiger partial charge in [0, 0.05) is 17.0 Å². The number of benzene rings is 2. The Kier molecular flexibility index (Phi) is 6.65. The van der Waals surface area contributed by atoms with E-state index in [4.69, 9.17) is 18.9 Å². The predicted molar refractivity (Wildman–Crippen MR) is 98.0 cm³/mol. The van der Waals surface area contributed by atoms with Crippen LogP contribution in [0.15, 0.2) is 36.4 Å². The van der Waals surface area contributed by atoms with Gasteiger partial charge in [0.2, 0.25) is 0 Å². The lowest BCUT2D eigenvalue weighted by atomic mass is 9.84. The number of carbonyl (C=O) groups is 2. The van der Waals surface area contributed by atoms with Gasteiger partial charge in [0.05, 0.1) is 40.4 Å². The Labute approximate surface area is 157 Å². The van der Waals surface area contributed by atoms with Gasteiger partial charge in [0.15, 0.2) is 11.5 Å². The molecule has 0 spiro atoms.